The van der Waals surface area contributed by atoms with E-state index in [9.17, 15) is 16.8 Å². The van der Waals surface area contributed by atoms with Gasteiger partial charge in [0.1, 0.15) is 0 Å². The van der Waals surface area contributed by atoms with E-state index in [0.29, 0.717) is 0 Å². The fourth-order valence-corrected chi connectivity index (χ4v) is 5.39. The first-order chi connectivity index (χ1) is 15.1. The number of aromatic nitrogens is 4. The number of sulfonamides is 1. The van der Waals surface area contributed by atoms with E-state index in [1.165, 1.54) is 10.5 Å². The number of hydrogen-bond acceptors (Lipinski definition) is 6. The van der Waals surface area contributed by atoms with E-state index in [0.717, 1.165) is 32.4 Å². The van der Waals surface area contributed by atoms with Gasteiger partial charge in [0.15, 0.2) is 0 Å². The molecule has 0 radical (unpaired) electrons. The molecule has 11 heteroatoms. The maximum atomic E-state index is 13.5. The predicted molar refractivity (Wildman–Crippen MR) is 121 cm³/mol. The Hall–Kier alpha value is -3.02. The van der Waals surface area contributed by atoms with Gasteiger partial charge in [-0.05, 0) is 30.7 Å². The largest absolute Gasteiger partial charge is 0.350 e. The highest BCUT2D eigenvalue weighted by Crippen LogP contribution is 2.26. The second-order valence-corrected chi connectivity index (χ2v) is 11.5. The third-order valence-electron chi connectivity index (χ3n) is 5.18. The van der Waals surface area contributed by atoms with E-state index in [1.54, 1.807) is 24.3 Å². The van der Waals surface area contributed by atoms with Crippen LogP contribution in [0.15, 0.2) is 65.8 Å². The van der Waals surface area contributed by atoms with E-state index in [1.807, 2.05) is 49.0 Å². The molecule has 0 aliphatic heterocycles. The Morgan fingerprint density at radius 3 is 2.28 bits per heavy atom. The van der Waals surface area contributed by atoms with E-state index in [2.05, 4.69) is 10.3 Å². The second-order valence-electron chi connectivity index (χ2n) is 7.71. The Labute approximate surface area is 187 Å². The first-order valence-corrected chi connectivity index (χ1v) is 13.1. The summed E-state index contributed by atoms with van der Waals surface area (Å²) in [5, 5.41) is 8.44. The second kappa shape index (κ2) is 8.15. The molecular weight excluding hydrogens is 450 g/mol. The number of fused-ring (bicyclic) bond motifs is 1. The molecule has 0 amide bonds. The van der Waals surface area contributed by atoms with Gasteiger partial charge in [0, 0.05) is 30.7 Å². The highest BCUT2D eigenvalue weighted by atomic mass is 32.2. The smallest absolute Gasteiger partial charge is 0.252 e. The summed E-state index contributed by atoms with van der Waals surface area (Å²) < 4.78 is 54.6. The Kier molecular flexibility index (Phi) is 5.65. The lowest BCUT2D eigenvalue weighted by Gasteiger charge is -2.21. The summed E-state index contributed by atoms with van der Waals surface area (Å²) in [6, 6.07) is 14.4. The monoisotopic (exact) mass is 473 g/mol. The Balaban J connectivity index is 1.77. The van der Waals surface area contributed by atoms with Crippen LogP contribution in [0.5, 0.6) is 0 Å². The third-order valence-corrected chi connectivity index (χ3v) is 7.85. The standard InChI is InChI=1S/C21H23N5O4S2/c1-16-8-10-19(11-9-16)32(29,30)25(14-18-15-26(23-22-18)31(3,27)28)13-17-12-24(2)21-7-5-4-6-20(17)21/h4-12,15H,13-14H2,1-3H3. The summed E-state index contributed by atoms with van der Waals surface area (Å²) in [5.41, 5.74) is 2.99. The van der Waals surface area contributed by atoms with Gasteiger partial charge in [0.25, 0.3) is 10.0 Å². The van der Waals surface area contributed by atoms with E-state index < -0.39 is 20.0 Å². The molecule has 0 aliphatic carbocycles. The van der Waals surface area contributed by atoms with Crippen molar-refractivity contribution in [1.82, 2.24) is 23.3 Å². The quantitative estimate of drug-likeness (QED) is 0.408. The fraction of sp³-hybridized carbons (Fsp3) is 0.238. The molecule has 0 saturated heterocycles. The first-order valence-electron chi connectivity index (χ1n) is 9.77. The Morgan fingerprint density at radius 1 is 0.938 bits per heavy atom. The van der Waals surface area contributed by atoms with Crippen molar-refractivity contribution in [3.05, 3.63) is 77.7 Å². The van der Waals surface area contributed by atoms with E-state index in [-0.39, 0.29) is 23.7 Å². The summed E-state index contributed by atoms with van der Waals surface area (Å²) >= 11 is 0. The van der Waals surface area contributed by atoms with Crippen molar-refractivity contribution in [1.29, 1.82) is 0 Å². The predicted octanol–water partition coefficient (Wildman–Crippen LogP) is 2.28. The first kappa shape index (κ1) is 22.2. The van der Waals surface area contributed by atoms with Gasteiger partial charge >= 0.3 is 0 Å². The number of rotatable bonds is 7. The number of nitrogens with zero attached hydrogens (tertiary/aromatic N) is 5. The zero-order valence-electron chi connectivity index (χ0n) is 17.9. The van der Waals surface area contributed by atoms with Crippen LogP contribution in [0.3, 0.4) is 0 Å². The molecule has 4 rings (SSSR count). The molecule has 32 heavy (non-hydrogen) atoms. The highest BCUT2D eigenvalue weighted by Gasteiger charge is 2.27. The molecule has 2 aromatic heterocycles. The van der Waals surface area contributed by atoms with Crippen molar-refractivity contribution in [2.45, 2.75) is 24.9 Å². The van der Waals surface area contributed by atoms with Gasteiger partial charge in [-0.3, -0.25) is 0 Å². The number of hydrogen-bond donors (Lipinski definition) is 0. The molecular formula is C21H23N5O4S2. The number of aryl methyl sites for hydroxylation is 2. The molecule has 0 atom stereocenters. The molecule has 0 saturated carbocycles. The average Bonchev–Trinajstić information content (AvgIpc) is 3.33. The molecule has 0 spiro atoms. The minimum atomic E-state index is -3.90. The van der Waals surface area contributed by atoms with Crippen LogP contribution in [0.1, 0.15) is 16.8 Å². The van der Waals surface area contributed by atoms with Crippen molar-refractivity contribution < 1.29 is 16.8 Å². The molecule has 0 unspecified atom stereocenters. The van der Waals surface area contributed by atoms with Crippen LogP contribution in [-0.2, 0) is 40.2 Å². The van der Waals surface area contributed by atoms with Gasteiger partial charge in [-0.2, -0.15) is 4.31 Å². The van der Waals surface area contributed by atoms with Crippen LogP contribution in [-0.4, -0.2) is 46.4 Å². The van der Waals surface area contributed by atoms with Crippen LogP contribution in [0.25, 0.3) is 10.9 Å². The normalized spacial score (nSPS) is 12.6. The van der Waals surface area contributed by atoms with Crippen LogP contribution in [0, 0.1) is 6.92 Å². The van der Waals surface area contributed by atoms with Crippen molar-refractivity contribution in [2.75, 3.05) is 6.26 Å². The van der Waals surface area contributed by atoms with Gasteiger partial charge in [-0.1, -0.05) is 41.1 Å². The van der Waals surface area contributed by atoms with Gasteiger partial charge in [0.05, 0.1) is 29.6 Å². The zero-order chi connectivity index (χ0) is 23.1. The molecule has 2 aromatic carbocycles. The van der Waals surface area contributed by atoms with Gasteiger partial charge in [0.2, 0.25) is 10.0 Å². The Bertz CT molecular complexity index is 1490. The van der Waals surface area contributed by atoms with Crippen LogP contribution >= 0.6 is 0 Å². The van der Waals surface area contributed by atoms with Gasteiger partial charge < -0.3 is 4.57 Å². The molecule has 0 N–H and O–H groups in total. The Morgan fingerprint density at radius 2 is 1.62 bits per heavy atom. The van der Waals surface area contributed by atoms with Gasteiger partial charge in [-0.25, -0.2) is 16.8 Å². The summed E-state index contributed by atoms with van der Waals surface area (Å²) in [5.74, 6) is 0. The molecule has 0 fully saturated rings. The minimum absolute atomic E-state index is 0.0866. The highest BCUT2D eigenvalue weighted by molar-refractivity contribution is 7.89. The van der Waals surface area contributed by atoms with E-state index >= 15 is 0 Å². The van der Waals surface area contributed by atoms with Crippen molar-refractivity contribution in [2.24, 2.45) is 7.05 Å². The van der Waals surface area contributed by atoms with Crippen molar-refractivity contribution in [3.8, 4) is 0 Å². The summed E-state index contributed by atoms with van der Waals surface area (Å²) in [7, 11) is -5.62. The van der Waals surface area contributed by atoms with Crippen LogP contribution in [0.4, 0.5) is 0 Å². The molecule has 0 bridgehead atoms. The average molecular weight is 474 g/mol. The molecule has 9 nitrogen and oxygen atoms in total. The zero-order valence-corrected chi connectivity index (χ0v) is 19.5. The maximum Gasteiger partial charge on any atom is 0.252 e. The summed E-state index contributed by atoms with van der Waals surface area (Å²) in [6.45, 7) is 1.84. The maximum absolute atomic E-state index is 13.5. The molecule has 4 aromatic rings. The summed E-state index contributed by atoms with van der Waals surface area (Å²) in [4.78, 5) is 0.152. The summed E-state index contributed by atoms with van der Waals surface area (Å²) in [6.07, 6.45) is 4.13. The van der Waals surface area contributed by atoms with Crippen LogP contribution < -0.4 is 0 Å². The molecule has 168 valence electrons. The lowest BCUT2D eigenvalue weighted by Crippen LogP contribution is -2.30. The molecule has 2 heterocycles. The number of para-hydroxylation sites is 1. The third kappa shape index (κ3) is 4.31. The topological polar surface area (TPSA) is 107 Å². The SMILES string of the molecule is Cc1ccc(S(=O)(=O)N(Cc2cn(S(C)(=O)=O)nn2)Cc2cn(C)c3ccccc23)cc1. The molecule has 0 aliphatic rings. The van der Waals surface area contributed by atoms with Crippen molar-refractivity contribution in [3.63, 3.8) is 0 Å². The minimum Gasteiger partial charge on any atom is -0.350 e. The van der Waals surface area contributed by atoms with Crippen molar-refractivity contribution >= 4 is 30.9 Å². The van der Waals surface area contributed by atoms with E-state index in [4.69, 9.17) is 0 Å². The fourth-order valence-electron chi connectivity index (χ4n) is 3.52. The van der Waals surface area contributed by atoms with Crippen LogP contribution in [0.2, 0.25) is 0 Å². The lowest BCUT2D eigenvalue weighted by atomic mass is 10.2. The lowest BCUT2D eigenvalue weighted by molar-refractivity contribution is 0.397. The van der Waals surface area contributed by atoms with Gasteiger partial charge in [-0.15, -0.1) is 9.19 Å². The number of benzene rings is 2.